The van der Waals surface area contributed by atoms with E-state index in [1.54, 1.807) is 13.8 Å². The van der Waals surface area contributed by atoms with Crippen LogP contribution in [0.5, 0.6) is 0 Å². The number of halogens is 1. The molecular formula is C20H21BrN2O2. The van der Waals surface area contributed by atoms with E-state index in [-0.39, 0.29) is 23.9 Å². The third-order valence-corrected chi connectivity index (χ3v) is 5.13. The Morgan fingerprint density at radius 2 is 1.80 bits per heavy atom. The van der Waals surface area contributed by atoms with Gasteiger partial charge in [-0.05, 0) is 49.2 Å². The van der Waals surface area contributed by atoms with Crippen molar-refractivity contribution in [2.75, 3.05) is 9.80 Å². The standard InChI is InChI=1S/C20H21BrN2O2/c1-13-11-20(23(15(3)25)17-7-5-4-6-8-17)18-12-16(21)9-10-19(18)22(13)14(2)24/h4-10,12-13,20H,11H2,1-3H3/t13-,20+/m1/s1. The summed E-state index contributed by atoms with van der Waals surface area (Å²) in [4.78, 5) is 28.3. The van der Waals surface area contributed by atoms with Crippen LogP contribution in [0.15, 0.2) is 53.0 Å². The number of hydrogen-bond acceptors (Lipinski definition) is 2. The van der Waals surface area contributed by atoms with Crippen molar-refractivity contribution >= 4 is 39.1 Å². The number of para-hydroxylation sites is 1. The van der Waals surface area contributed by atoms with Gasteiger partial charge in [-0.15, -0.1) is 0 Å². The number of carbonyl (C=O) groups is 2. The Hall–Kier alpha value is -2.14. The van der Waals surface area contributed by atoms with Crippen molar-refractivity contribution in [3.63, 3.8) is 0 Å². The molecule has 25 heavy (non-hydrogen) atoms. The van der Waals surface area contributed by atoms with Gasteiger partial charge in [-0.25, -0.2) is 0 Å². The maximum Gasteiger partial charge on any atom is 0.224 e. The Labute approximate surface area is 156 Å². The maximum atomic E-state index is 12.5. The molecule has 0 radical (unpaired) electrons. The molecule has 0 aromatic heterocycles. The molecule has 2 atom stereocenters. The highest BCUT2D eigenvalue weighted by Gasteiger charge is 2.36. The van der Waals surface area contributed by atoms with Crippen molar-refractivity contribution in [3.8, 4) is 0 Å². The molecule has 3 rings (SSSR count). The molecule has 0 N–H and O–H groups in total. The molecule has 0 aliphatic carbocycles. The highest BCUT2D eigenvalue weighted by Crippen LogP contribution is 2.43. The Morgan fingerprint density at radius 1 is 1.12 bits per heavy atom. The summed E-state index contributed by atoms with van der Waals surface area (Å²) >= 11 is 3.53. The van der Waals surface area contributed by atoms with Gasteiger partial charge in [0.25, 0.3) is 0 Å². The Morgan fingerprint density at radius 3 is 2.40 bits per heavy atom. The summed E-state index contributed by atoms with van der Waals surface area (Å²) in [6, 6.07) is 15.5. The zero-order valence-electron chi connectivity index (χ0n) is 14.6. The van der Waals surface area contributed by atoms with Crippen LogP contribution in [-0.2, 0) is 9.59 Å². The van der Waals surface area contributed by atoms with E-state index in [0.29, 0.717) is 6.42 Å². The fourth-order valence-corrected chi connectivity index (χ4v) is 4.08. The first-order valence-corrected chi connectivity index (χ1v) is 9.13. The second kappa shape index (κ2) is 7.00. The van der Waals surface area contributed by atoms with Gasteiger partial charge in [0.15, 0.2) is 0 Å². The quantitative estimate of drug-likeness (QED) is 0.733. The molecule has 130 valence electrons. The predicted molar refractivity (Wildman–Crippen MR) is 104 cm³/mol. The fourth-order valence-electron chi connectivity index (χ4n) is 3.70. The number of benzene rings is 2. The largest absolute Gasteiger partial charge is 0.309 e. The van der Waals surface area contributed by atoms with E-state index < -0.39 is 0 Å². The number of nitrogens with zero attached hydrogens (tertiary/aromatic N) is 2. The van der Waals surface area contributed by atoms with Gasteiger partial charge in [-0.3, -0.25) is 9.59 Å². The summed E-state index contributed by atoms with van der Waals surface area (Å²) in [6.45, 7) is 5.21. The van der Waals surface area contributed by atoms with Crippen LogP contribution in [-0.4, -0.2) is 17.9 Å². The van der Waals surface area contributed by atoms with Gasteiger partial charge in [0.05, 0.1) is 6.04 Å². The first-order valence-electron chi connectivity index (χ1n) is 8.34. The second-order valence-corrected chi connectivity index (χ2v) is 7.33. The smallest absolute Gasteiger partial charge is 0.224 e. The molecule has 1 heterocycles. The van der Waals surface area contributed by atoms with Crippen molar-refractivity contribution in [2.45, 2.75) is 39.3 Å². The molecule has 1 aliphatic rings. The molecule has 0 fully saturated rings. The van der Waals surface area contributed by atoms with Crippen LogP contribution in [0.25, 0.3) is 0 Å². The number of fused-ring (bicyclic) bond motifs is 1. The third kappa shape index (κ3) is 3.33. The Balaban J connectivity index is 2.15. The minimum atomic E-state index is -0.113. The van der Waals surface area contributed by atoms with Crippen LogP contribution < -0.4 is 9.80 Å². The molecule has 1 aliphatic heterocycles. The fraction of sp³-hybridized carbons (Fsp3) is 0.300. The lowest BCUT2D eigenvalue weighted by molar-refractivity contribution is -0.117. The molecule has 2 aromatic carbocycles. The first-order chi connectivity index (χ1) is 11.9. The average Bonchev–Trinajstić information content (AvgIpc) is 2.55. The molecule has 4 nitrogen and oxygen atoms in total. The molecule has 2 aromatic rings. The Bertz CT molecular complexity index is 807. The number of carbonyl (C=O) groups excluding carboxylic acids is 2. The molecule has 0 unspecified atom stereocenters. The van der Waals surface area contributed by atoms with Gasteiger partial charge in [-0.1, -0.05) is 34.1 Å². The molecule has 0 spiro atoms. The summed E-state index contributed by atoms with van der Waals surface area (Å²) in [6.07, 6.45) is 0.692. The monoisotopic (exact) mass is 400 g/mol. The molecule has 0 saturated carbocycles. The molecular weight excluding hydrogens is 380 g/mol. The highest BCUT2D eigenvalue weighted by molar-refractivity contribution is 9.10. The minimum Gasteiger partial charge on any atom is -0.309 e. The zero-order chi connectivity index (χ0) is 18.1. The van der Waals surface area contributed by atoms with E-state index >= 15 is 0 Å². The zero-order valence-corrected chi connectivity index (χ0v) is 16.2. The van der Waals surface area contributed by atoms with E-state index in [2.05, 4.69) is 15.9 Å². The summed E-state index contributed by atoms with van der Waals surface area (Å²) in [5.41, 5.74) is 2.73. The molecule has 0 bridgehead atoms. The lowest BCUT2D eigenvalue weighted by atomic mass is 9.90. The third-order valence-electron chi connectivity index (χ3n) is 4.64. The van der Waals surface area contributed by atoms with Crippen molar-refractivity contribution in [1.29, 1.82) is 0 Å². The number of anilines is 2. The van der Waals surface area contributed by atoms with Gasteiger partial charge >= 0.3 is 0 Å². The van der Waals surface area contributed by atoms with E-state index in [4.69, 9.17) is 0 Å². The van der Waals surface area contributed by atoms with Crippen LogP contribution in [0.1, 0.15) is 38.8 Å². The number of hydrogen-bond donors (Lipinski definition) is 0. The van der Waals surface area contributed by atoms with E-state index in [1.165, 1.54) is 0 Å². The van der Waals surface area contributed by atoms with Crippen molar-refractivity contribution in [2.24, 2.45) is 0 Å². The lowest BCUT2D eigenvalue weighted by Crippen LogP contribution is -2.46. The number of amides is 2. The van der Waals surface area contributed by atoms with Gasteiger partial charge in [0, 0.05) is 35.7 Å². The number of rotatable bonds is 2. The van der Waals surface area contributed by atoms with Gasteiger partial charge in [0.1, 0.15) is 0 Å². The van der Waals surface area contributed by atoms with Crippen molar-refractivity contribution < 1.29 is 9.59 Å². The van der Waals surface area contributed by atoms with Crippen molar-refractivity contribution in [1.82, 2.24) is 0 Å². The van der Waals surface area contributed by atoms with Gasteiger partial charge < -0.3 is 9.80 Å². The SMILES string of the molecule is CC(=O)N1c2ccc(Br)cc2[C@@H](N(C(C)=O)c2ccccc2)C[C@H]1C. The van der Waals surface area contributed by atoms with E-state index in [0.717, 1.165) is 21.4 Å². The summed E-state index contributed by atoms with van der Waals surface area (Å²) in [5.74, 6) is 0.00853. The minimum absolute atomic E-state index is 0.00870. The average molecular weight is 401 g/mol. The molecule has 5 heteroatoms. The Kier molecular flexibility index (Phi) is 4.95. The normalized spacial score (nSPS) is 19.3. The topological polar surface area (TPSA) is 40.6 Å². The summed E-state index contributed by atoms with van der Waals surface area (Å²) in [7, 11) is 0. The van der Waals surface area contributed by atoms with Crippen LogP contribution in [0, 0.1) is 0 Å². The lowest BCUT2D eigenvalue weighted by Gasteiger charge is -2.43. The predicted octanol–water partition coefficient (Wildman–Crippen LogP) is 4.69. The summed E-state index contributed by atoms with van der Waals surface area (Å²) < 4.78 is 0.936. The van der Waals surface area contributed by atoms with Gasteiger partial charge in [-0.2, -0.15) is 0 Å². The molecule has 0 saturated heterocycles. The maximum absolute atomic E-state index is 12.5. The first kappa shape index (κ1) is 17.7. The van der Waals surface area contributed by atoms with E-state index in [9.17, 15) is 9.59 Å². The van der Waals surface area contributed by atoms with Crippen LogP contribution in [0.4, 0.5) is 11.4 Å². The van der Waals surface area contributed by atoms with Crippen LogP contribution in [0.2, 0.25) is 0 Å². The molecule has 2 amide bonds. The van der Waals surface area contributed by atoms with Crippen LogP contribution in [0.3, 0.4) is 0 Å². The van der Waals surface area contributed by atoms with Crippen molar-refractivity contribution in [3.05, 3.63) is 58.6 Å². The van der Waals surface area contributed by atoms with Gasteiger partial charge in [0.2, 0.25) is 11.8 Å². The highest BCUT2D eigenvalue weighted by atomic mass is 79.9. The second-order valence-electron chi connectivity index (χ2n) is 6.42. The van der Waals surface area contributed by atoms with Crippen LogP contribution >= 0.6 is 15.9 Å². The van der Waals surface area contributed by atoms with E-state index in [1.807, 2.05) is 65.3 Å². The summed E-state index contributed by atoms with van der Waals surface area (Å²) in [5, 5.41) is 0.